The highest BCUT2D eigenvalue weighted by Crippen LogP contribution is 2.32. The van der Waals surface area contributed by atoms with E-state index in [4.69, 9.17) is 9.47 Å². The van der Waals surface area contributed by atoms with Crippen LogP contribution in [-0.4, -0.2) is 48.2 Å². The molecule has 8 nitrogen and oxygen atoms in total. The summed E-state index contributed by atoms with van der Waals surface area (Å²) in [6, 6.07) is 45.9. The maximum absolute atomic E-state index is 13.6. The lowest BCUT2D eigenvalue weighted by atomic mass is 9.97. The number of nitrogens with zero attached hydrogens (tertiary/aromatic N) is 1. The van der Waals surface area contributed by atoms with Crippen LogP contribution in [0.1, 0.15) is 32.6 Å². The fraction of sp³-hybridized carbons (Fsp3) is 0.122. The Kier molecular flexibility index (Phi) is 13.1. The maximum Gasteiger partial charge on any atom is 0.206 e. The Hall–Kier alpha value is -5.60. The van der Waals surface area contributed by atoms with E-state index in [1.807, 2.05) is 19.1 Å². The minimum atomic E-state index is -3.77. The summed E-state index contributed by atoms with van der Waals surface area (Å²) in [5.41, 5.74) is 6.32. The molecule has 0 saturated carbocycles. The predicted molar refractivity (Wildman–Crippen MR) is 230 cm³/mol. The molecule has 7 aromatic rings. The third-order valence-corrected chi connectivity index (χ3v) is 13.3. The molecule has 0 amide bonds. The van der Waals surface area contributed by atoms with Crippen molar-refractivity contribution >= 4 is 25.5 Å². The van der Waals surface area contributed by atoms with Crippen molar-refractivity contribution in [3.8, 4) is 34.1 Å². The summed E-state index contributed by atoms with van der Waals surface area (Å²) in [5, 5.41) is 0. The standard InChI is InChI=1S/C49H44NO7S2.HI/c1-34-6-23-44(24-7-34)58(52,53)46-27-19-42(20-28-46)56-40-15-9-37(10-16-40)49(51)38-11-17-41(18-12-38)57-43-21-29-47(30-22-43)59(54,55)45-25-13-36(14-26-45)48-31-8-35(2)32-39(48)33-50(3,4)5;/h6-32H,33H2,1-5H3;1H/q+1;/p-1. The van der Waals surface area contributed by atoms with Gasteiger partial charge in [-0.05, 0) is 152 Å². The van der Waals surface area contributed by atoms with E-state index in [1.165, 1.54) is 35.4 Å². The normalized spacial score (nSPS) is 11.7. The third-order valence-electron chi connectivity index (χ3n) is 9.68. The topological polar surface area (TPSA) is 104 Å². The molecular formula is C49H44INO7S2. The van der Waals surface area contributed by atoms with E-state index in [0.29, 0.717) is 34.1 Å². The maximum atomic E-state index is 13.6. The fourth-order valence-electron chi connectivity index (χ4n) is 6.61. The van der Waals surface area contributed by atoms with Crippen LogP contribution in [0.4, 0.5) is 0 Å². The van der Waals surface area contributed by atoms with Crippen molar-refractivity contribution < 1.29 is 59.6 Å². The van der Waals surface area contributed by atoms with Crippen LogP contribution in [0.2, 0.25) is 0 Å². The molecule has 0 fully saturated rings. The zero-order chi connectivity index (χ0) is 42.0. The van der Waals surface area contributed by atoms with Gasteiger partial charge in [0.25, 0.3) is 0 Å². The zero-order valence-corrected chi connectivity index (χ0v) is 37.6. The second-order valence-electron chi connectivity index (χ2n) is 15.5. The number of quaternary nitrogens is 1. The number of benzene rings is 7. The van der Waals surface area contributed by atoms with Crippen molar-refractivity contribution in [1.82, 2.24) is 0 Å². The highest BCUT2D eigenvalue weighted by atomic mass is 127. The molecule has 7 aromatic carbocycles. The molecule has 0 saturated heterocycles. The van der Waals surface area contributed by atoms with E-state index < -0.39 is 19.7 Å². The number of sulfone groups is 2. The van der Waals surface area contributed by atoms with Gasteiger partial charge >= 0.3 is 0 Å². The molecule has 0 atom stereocenters. The summed E-state index contributed by atoms with van der Waals surface area (Å²) in [6.45, 7) is 4.81. The van der Waals surface area contributed by atoms with Gasteiger partial charge in [0.2, 0.25) is 19.7 Å². The molecule has 0 N–H and O–H groups in total. The molecule has 0 bridgehead atoms. The average Bonchev–Trinajstić information content (AvgIpc) is 3.21. The van der Waals surface area contributed by atoms with E-state index >= 15 is 0 Å². The van der Waals surface area contributed by atoms with Crippen LogP contribution < -0.4 is 33.5 Å². The first-order valence-corrected chi connectivity index (χ1v) is 21.9. The minimum Gasteiger partial charge on any atom is -1.00 e. The molecule has 306 valence electrons. The van der Waals surface area contributed by atoms with Gasteiger partial charge in [0.15, 0.2) is 5.78 Å². The van der Waals surface area contributed by atoms with E-state index in [1.54, 1.807) is 109 Å². The Morgan fingerprint density at radius 2 is 0.800 bits per heavy atom. The second-order valence-corrected chi connectivity index (χ2v) is 19.4. The number of ketones is 1. The summed E-state index contributed by atoms with van der Waals surface area (Å²) >= 11 is 0. The van der Waals surface area contributed by atoms with E-state index in [-0.39, 0.29) is 49.3 Å². The number of halogens is 1. The van der Waals surface area contributed by atoms with Gasteiger partial charge < -0.3 is 37.9 Å². The lowest BCUT2D eigenvalue weighted by Crippen LogP contribution is -3.00. The first-order chi connectivity index (χ1) is 28.0. The number of hydrogen-bond donors (Lipinski definition) is 0. The molecule has 0 unspecified atom stereocenters. The highest BCUT2D eigenvalue weighted by molar-refractivity contribution is 7.91. The molecule has 7 rings (SSSR count). The van der Waals surface area contributed by atoms with Crippen LogP contribution >= 0.6 is 0 Å². The summed E-state index contributed by atoms with van der Waals surface area (Å²) in [6.07, 6.45) is 0. The van der Waals surface area contributed by atoms with Gasteiger partial charge in [-0.3, -0.25) is 4.79 Å². The first kappa shape index (κ1) is 44.0. The molecule has 60 heavy (non-hydrogen) atoms. The van der Waals surface area contributed by atoms with Crippen molar-refractivity contribution in [3.05, 3.63) is 192 Å². The number of ether oxygens (including phenoxy) is 2. The molecule has 0 aliphatic carbocycles. The smallest absolute Gasteiger partial charge is 0.206 e. The molecular weight excluding hydrogens is 906 g/mol. The zero-order valence-electron chi connectivity index (χ0n) is 33.8. The first-order valence-electron chi connectivity index (χ1n) is 18.9. The Balaban J connectivity index is 0.00000604. The van der Waals surface area contributed by atoms with Crippen LogP contribution in [0.5, 0.6) is 23.0 Å². The number of rotatable bonds is 13. The van der Waals surface area contributed by atoms with Crippen molar-refractivity contribution in [2.24, 2.45) is 0 Å². The van der Waals surface area contributed by atoms with Gasteiger partial charge in [0.05, 0.1) is 40.7 Å². The summed E-state index contributed by atoms with van der Waals surface area (Å²) in [7, 11) is -0.990. The van der Waals surface area contributed by atoms with Gasteiger partial charge in [0, 0.05) is 16.7 Å². The lowest BCUT2D eigenvalue weighted by Gasteiger charge is -2.25. The number of carbonyl (C=O) groups excluding carboxylic acids is 1. The molecule has 0 aromatic heterocycles. The number of hydrogen-bond acceptors (Lipinski definition) is 7. The minimum absolute atomic E-state index is 0. The molecule has 0 heterocycles. The van der Waals surface area contributed by atoms with E-state index in [0.717, 1.165) is 27.7 Å². The van der Waals surface area contributed by atoms with Crippen molar-refractivity contribution in [2.45, 2.75) is 40.0 Å². The molecule has 0 spiro atoms. The van der Waals surface area contributed by atoms with Crippen LogP contribution in [-0.2, 0) is 26.2 Å². The van der Waals surface area contributed by atoms with Crippen LogP contribution in [0.3, 0.4) is 0 Å². The second kappa shape index (κ2) is 17.9. The fourth-order valence-corrected chi connectivity index (χ4v) is 9.13. The van der Waals surface area contributed by atoms with Gasteiger partial charge in [-0.2, -0.15) is 0 Å². The van der Waals surface area contributed by atoms with Crippen LogP contribution in [0, 0.1) is 13.8 Å². The van der Waals surface area contributed by atoms with Crippen molar-refractivity contribution in [3.63, 3.8) is 0 Å². The molecule has 11 heteroatoms. The van der Waals surface area contributed by atoms with Crippen molar-refractivity contribution in [1.29, 1.82) is 0 Å². The van der Waals surface area contributed by atoms with E-state index in [9.17, 15) is 21.6 Å². The summed E-state index contributed by atoms with van der Waals surface area (Å²) in [5.74, 6) is 1.67. The van der Waals surface area contributed by atoms with Crippen LogP contribution in [0.15, 0.2) is 183 Å². The quantitative estimate of drug-likeness (QED) is 0.0665. The molecule has 0 radical (unpaired) electrons. The largest absolute Gasteiger partial charge is 1.00 e. The predicted octanol–water partition coefficient (Wildman–Crippen LogP) is 7.66. The third kappa shape index (κ3) is 10.2. The number of carbonyl (C=O) groups is 1. The van der Waals surface area contributed by atoms with Gasteiger partial charge in [-0.25, -0.2) is 16.8 Å². The van der Waals surface area contributed by atoms with Crippen molar-refractivity contribution in [2.75, 3.05) is 21.1 Å². The van der Waals surface area contributed by atoms with Gasteiger partial charge in [-0.1, -0.05) is 47.5 Å². The van der Waals surface area contributed by atoms with Crippen LogP contribution in [0.25, 0.3) is 11.1 Å². The van der Waals surface area contributed by atoms with Gasteiger partial charge in [-0.15, -0.1) is 0 Å². The Morgan fingerprint density at radius 1 is 0.467 bits per heavy atom. The summed E-state index contributed by atoms with van der Waals surface area (Å²) in [4.78, 5) is 14.0. The Labute approximate surface area is 369 Å². The highest BCUT2D eigenvalue weighted by Gasteiger charge is 2.20. The van der Waals surface area contributed by atoms with Gasteiger partial charge in [0.1, 0.15) is 29.5 Å². The summed E-state index contributed by atoms with van der Waals surface area (Å²) < 4.78 is 65.8. The Morgan fingerprint density at radius 3 is 1.18 bits per heavy atom. The Bertz CT molecular complexity index is 2840. The molecule has 0 aliphatic heterocycles. The monoisotopic (exact) mass is 949 g/mol. The SMILES string of the molecule is Cc1ccc(S(=O)(=O)c2ccc(Oc3ccc(C(=O)c4ccc(Oc5ccc(S(=O)(=O)c6ccc(-c7ccc(C)cc7C[N+](C)(C)C)cc6)cc5)cc4)cc3)cc2)cc1.[I-]. The molecule has 0 aliphatic rings. The number of aryl methyl sites for hydroxylation is 2. The lowest BCUT2D eigenvalue weighted by molar-refractivity contribution is -0.883. The average molecular weight is 950 g/mol. The van der Waals surface area contributed by atoms with E-state index in [2.05, 4.69) is 46.3 Å².